The molecule has 3 nitrogen and oxygen atoms in total. The Morgan fingerprint density at radius 2 is 1.68 bits per heavy atom. The molecule has 2 aromatic carbocycles. The quantitative estimate of drug-likeness (QED) is 0.759. The number of hydrogen-bond donors (Lipinski definition) is 0. The van der Waals surface area contributed by atoms with Crippen LogP contribution in [0.2, 0.25) is 0 Å². The third kappa shape index (κ3) is 4.71. The highest BCUT2D eigenvalue weighted by Crippen LogP contribution is 2.23. The number of benzene rings is 2. The average Bonchev–Trinajstić information content (AvgIpc) is 2.52. The maximum Gasteiger partial charge on any atom is 0.338 e. The molecule has 0 aliphatic carbocycles. The molecule has 22 heavy (non-hydrogen) atoms. The van der Waals surface area contributed by atoms with Crippen LogP contribution in [0.3, 0.4) is 0 Å². The summed E-state index contributed by atoms with van der Waals surface area (Å²) in [6, 6.07) is 17.4. The van der Waals surface area contributed by atoms with E-state index in [0.717, 1.165) is 24.1 Å². The Morgan fingerprint density at radius 3 is 2.27 bits per heavy atom. The van der Waals surface area contributed by atoms with Crippen LogP contribution in [0.5, 0.6) is 0 Å². The summed E-state index contributed by atoms with van der Waals surface area (Å²) in [5.74, 6) is -0.271. The van der Waals surface area contributed by atoms with Crippen LogP contribution in [0.4, 0.5) is 0 Å². The van der Waals surface area contributed by atoms with Crippen LogP contribution in [0.25, 0.3) is 0 Å². The minimum absolute atomic E-state index is 0.225. The van der Waals surface area contributed by atoms with E-state index in [1.54, 1.807) is 0 Å². The molecular weight excluding hydrogens is 274 g/mol. The molecule has 0 saturated heterocycles. The molecular formula is C19H23NO2. The summed E-state index contributed by atoms with van der Waals surface area (Å²) in [6.45, 7) is 2.86. The zero-order chi connectivity index (χ0) is 15.9. The van der Waals surface area contributed by atoms with Gasteiger partial charge in [-0.2, -0.15) is 0 Å². The van der Waals surface area contributed by atoms with Crippen LogP contribution < -0.4 is 0 Å². The van der Waals surface area contributed by atoms with Crippen molar-refractivity contribution in [3.8, 4) is 0 Å². The van der Waals surface area contributed by atoms with Gasteiger partial charge in [0.1, 0.15) is 6.10 Å². The van der Waals surface area contributed by atoms with Gasteiger partial charge in [0.05, 0.1) is 5.56 Å². The van der Waals surface area contributed by atoms with Crippen molar-refractivity contribution in [1.82, 2.24) is 4.90 Å². The molecule has 0 N–H and O–H groups in total. The number of carbonyl (C=O) groups excluding carboxylic acids is 1. The highest BCUT2D eigenvalue weighted by Gasteiger charge is 2.18. The fraction of sp³-hybridized carbons (Fsp3) is 0.316. The number of esters is 1. The smallest absolute Gasteiger partial charge is 0.338 e. The van der Waals surface area contributed by atoms with Crippen molar-refractivity contribution in [3.63, 3.8) is 0 Å². The molecule has 0 aliphatic rings. The van der Waals surface area contributed by atoms with Crippen LogP contribution in [0.1, 0.15) is 34.0 Å². The second-order valence-corrected chi connectivity index (χ2v) is 5.76. The first kappa shape index (κ1) is 16.2. The van der Waals surface area contributed by atoms with Crippen molar-refractivity contribution in [2.24, 2.45) is 0 Å². The van der Waals surface area contributed by atoms with Gasteiger partial charge in [0.25, 0.3) is 0 Å². The summed E-state index contributed by atoms with van der Waals surface area (Å²) in [5.41, 5.74) is 2.75. The monoisotopic (exact) mass is 297 g/mol. The molecule has 116 valence electrons. The van der Waals surface area contributed by atoms with Gasteiger partial charge >= 0.3 is 5.97 Å². The number of rotatable bonds is 6. The van der Waals surface area contributed by atoms with Crippen LogP contribution in [-0.4, -0.2) is 31.5 Å². The molecule has 0 heterocycles. The number of ether oxygens (including phenoxy) is 1. The minimum Gasteiger partial charge on any atom is -0.454 e. The summed E-state index contributed by atoms with van der Waals surface area (Å²) in [4.78, 5) is 14.4. The first-order valence-electron chi connectivity index (χ1n) is 7.53. The van der Waals surface area contributed by atoms with Crippen molar-refractivity contribution in [1.29, 1.82) is 0 Å². The molecule has 2 aromatic rings. The lowest BCUT2D eigenvalue weighted by atomic mass is 10.1. The minimum atomic E-state index is -0.271. The second-order valence-electron chi connectivity index (χ2n) is 5.76. The van der Waals surface area contributed by atoms with Crippen molar-refractivity contribution in [2.75, 3.05) is 20.6 Å². The van der Waals surface area contributed by atoms with Gasteiger partial charge in [-0.3, -0.25) is 0 Å². The van der Waals surface area contributed by atoms with E-state index < -0.39 is 0 Å². The Labute approximate surface area is 132 Å². The third-order valence-corrected chi connectivity index (χ3v) is 3.55. The summed E-state index contributed by atoms with van der Waals surface area (Å²) in [5, 5.41) is 0. The van der Waals surface area contributed by atoms with Gasteiger partial charge in [0, 0.05) is 13.0 Å². The van der Waals surface area contributed by atoms with E-state index in [0.29, 0.717) is 5.56 Å². The van der Waals surface area contributed by atoms with E-state index in [-0.39, 0.29) is 12.1 Å². The predicted molar refractivity (Wildman–Crippen MR) is 88.9 cm³/mol. The summed E-state index contributed by atoms with van der Waals surface area (Å²) in [6.07, 6.45) is 0.548. The number of aryl methyl sites for hydroxylation is 1. The molecule has 0 fully saturated rings. The molecule has 1 atom stereocenters. The third-order valence-electron chi connectivity index (χ3n) is 3.55. The zero-order valence-corrected chi connectivity index (χ0v) is 13.5. The lowest BCUT2D eigenvalue weighted by Gasteiger charge is -2.20. The summed E-state index contributed by atoms with van der Waals surface area (Å²) in [7, 11) is 4.04. The highest BCUT2D eigenvalue weighted by molar-refractivity contribution is 5.89. The van der Waals surface area contributed by atoms with Gasteiger partial charge in [0.15, 0.2) is 0 Å². The predicted octanol–water partition coefficient (Wildman–Crippen LogP) is 3.84. The number of nitrogens with zero attached hydrogens (tertiary/aromatic N) is 1. The van der Waals surface area contributed by atoms with Crippen LogP contribution >= 0.6 is 0 Å². The van der Waals surface area contributed by atoms with Gasteiger partial charge in [-0.05, 0) is 38.7 Å². The van der Waals surface area contributed by atoms with E-state index in [2.05, 4.69) is 4.90 Å². The van der Waals surface area contributed by atoms with Gasteiger partial charge < -0.3 is 9.64 Å². The van der Waals surface area contributed by atoms with Crippen LogP contribution in [0.15, 0.2) is 54.6 Å². The molecule has 2 rings (SSSR count). The van der Waals surface area contributed by atoms with Gasteiger partial charge in [-0.1, -0.05) is 48.0 Å². The number of hydrogen-bond acceptors (Lipinski definition) is 3. The molecule has 0 unspecified atom stereocenters. The molecule has 3 heteroatoms. The van der Waals surface area contributed by atoms with Crippen molar-refractivity contribution in [2.45, 2.75) is 19.4 Å². The Morgan fingerprint density at radius 1 is 1.05 bits per heavy atom. The van der Waals surface area contributed by atoms with E-state index in [4.69, 9.17) is 4.74 Å². The SMILES string of the molecule is Cc1ccc(C(=O)O[C@H](CCN(C)C)c2ccccc2)cc1. The normalized spacial score (nSPS) is 12.2. The molecule has 0 aromatic heterocycles. The first-order chi connectivity index (χ1) is 10.6. The van der Waals surface area contributed by atoms with Crippen molar-refractivity contribution in [3.05, 3.63) is 71.3 Å². The molecule has 0 spiro atoms. The first-order valence-corrected chi connectivity index (χ1v) is 7.53. The van der Waals surface area contributed by atoms with Crippen LogP contribution in [0, 0.1) is 6.92 Å². The standard InChI is InChI=1S/C19H23NO2/c1-15-9-11-17(12-10-15)19(21)22-18(13-14-20(2)3)16-7-5-4-6-8-16/h4-12,18H,13-14H2,1-3H3/t18-/m1/s1. The topological polar surface area (TPSA) is 29.5 Å². The summed E-state index contributed by atoms with van der Waals surface area (Å²) < 4.78 is 5.75. The molecule has 0 saturated carbocycles. The van der Waals surface area contributed by atoms with Gasteiger partial charge in [-0.25, -0.2) is 4.79 Å². The van der Waals surface area contributed by atoms with Gasteiger partial charge in [-0.15, -0.1) is 0 Å². The Bertz CT molecular complexity index is 591. The zero-order valence-electron chi connectivity index (χ0n) is 13.5. The molecule has 0 bridgehead atoms. The molecule has 0 aliphatic heterocycles. The fourth-order valence-electron chi connectivity index (χ4n) is 2.22. The van der Waals surface area contributed by atoms with E-state index in [1.807, 2.05) is 75.6 Å². The Kier molecular flexibility index (Phi) is 5.73. The Hall–Kier alpha value is -2.13. The highest BCUT2D eigenvalue weighted by atomic mass is 16.5. The largest absolute Gasteiger partial charge is 0.454 e. The fourth-order valence-corrected chi connectivity index (χ4v) is 2.22. The van der Waals surface area contributed by atoms with E-state index in [1.165, 1.54) is 0 Å². The summed E-state index contributed by atoms with van der Waals surface area (Å²) >= 11 is 0. The van der Waals surface area contributed by atoms with E-state index >= 15 is 0 Å². The second kappa shape index (κ2) is 7.76. The van der Waals surface area contributed by atoms with Crippen LogP contribution in [-0.2, 0) is 4.74 Å². The molecule has 0 amide bonds. The lowest BCUT2D eigenvalue weighted by molar-refractivity contribution is 0.0261. The van der Waals surface area contributed by atoms with Gasteiger partial charge in [0.2, 0.25) is 0 Å². The maximum absolute atomic E-state index is 12.3. The van der Waals surface area contributed by atoms with Crippen molar-refractivity contribution >= 4 is 5.97 Å². The molecule has 0 radical (unpaired) electrons. The maximum atomic E-state index is 12.3. The lowest BCUT2D eigenvalue weighted by Crippen LogP contribution is -2.19. The van der Waals surface area contributed by atoms with Crippen molar-refractivity contribution < 1.29 is 9.53 Å². The Balaban J connectivity index is 2.11. The van der Waals surface area contributed by atoms with E-state index in [9.17, 15) is 4.79 Å². The number of carbonyl (C=O) groups is 1. The average molecular weight is 297 g/mol.